The molecule has 0 bridgehead atoms. The molecule has 0 aromatic heterocycles. The maximum absolute atomic E-state index is 12.5. The molecule has 0 heterocycles. The van der Waals surface area contributed by atoms with Crippen molar-refractivity contribution >= 4 is 21.6 Å². The van der Waals surface area contributed by atoms with Crippen molar-refractivity contribution in [1.29, 1.82) is 0 Å². The second kappa shape index (κ2) is 6.58. The van der Waals surface area contributed by atoms with E-state index in [1.54, 1.807) is 43.3 Å². The molecule has 2 aromatic carbocycles. The van der Waals surface area contributed by atoms with Gasteiger partial charge in [0.1, 0.15) is 0 Å². The summed E-state index contributed by atoms with van der Waals surface area (Å²) in [6, 6.07) is 12.9. The van der Waals surface area contributed by atoms with Gasteiger partial charge in [0.2, 0.25) is 10.0 Å². The zero-order valence-electron chi connectivity index (χ0n) is 11.5. The van der Waals surface area contributed by atoms with Gasteiger partial charge < -0.3 is 5.11 Å². The summed E-state index contributed by atoms with van der Waals surface area (Å²) >= 11 is 5.87. The van der Waals surface area contributed by atoms with E-state index in [0.29, 0.717) is 16.1 Å². The minimum atomic E-state index is -3.77. The van der Waals surface area contributed by atoms with Crippen LogP contribution in [0.3, 0.4) is 0 Å². The van der Waals surface area contributed by atoms with Crippen LogP contribution >= 0.6 is 11.6 Å². The third kappa shape index (κ3) is 3.83. The van der Waals surface area contributed by atoms with Crippen LogP contribution in [0.2, 0.25) is 5.02 Å². The topological polar surface area (TPSA) is 66.4 Å². The van der Waals surface area contributed by atoms with Gasteiger partial charge in [-0.15, -0.1) is 0 Å². The van der Waals surface area contributed by atoms with E-state index in [2.05, 4.69) is 4.72 Å². The highest BCUT2D eigenvalue weighted by atomic mass is 35.5. The number of hydrogen-bond acceptors (Lipinski definition) is 3. The lowest BCUT2D eigenvalue weighted by Crippen LogP contribution is -2.31. The van der Waals surface area contributed by atoms with E-state index < -0.39 is 16.1 Å². The molecule has 0 saturated heterocycles. The van der Waals surface area contributed by atoms with Crippen LogP contribution in [-0.4, -0.2) is 20.1 Å². The summed E-state index contributed by atoms with van der Waals surface area (Å²) in [5.74, 6) is 0. The van der Waals surface area contributed by atoms with Crippen LogP contribution in [0.25, 0.3) is 0 Å². The molecule has 0 aliphatic heterocycles. The summed E-state index contributed by atoms with van der Waals surface area (Å²) in [5, 5.41) is 9.81. The van der Waals surface area contributed by atoms with E-state index in [-0.39, 0.29) is 11.5 Å². The second-order valence-corrected chi connectivity index (χ2v) is 6.80. The van der Waals surface area contributed by atoms with Crippen molar-refractivity contribution in [2.24, 2.45) is 0 Å². The monoisotopic (exact) mass is 325 g/mol. The van der Waals surface area contributed by atoms with E-state index in [0.717, 1.165) is 0 Å². The van der Waals surface area contributed by atoms with Crippen molar-refractivity contribution in [3.8, 4) is 0 Å². The maximum Gasteiger partial charge on any atom is 0.241 e. The standard InChI is InChI=1S/C15H16ClNO3S/c1-11-7-8-13(16)9-15(11)21(19,20)17-14(10-18)12-5-3-2-4-6-12/h2-9,14,17-18H,10H2,1H3. The first-order valence-electron chi connectivity index (χ1n) is 6.38. The van der Waals surface area contributed by atoms with Gasteiger partial charge in [0.05, 0.1) is 17.5 Å². The summed E-state index contributed by atoms with van der Waals surface area (Å²) in [4.78, 5) is 0.115. The van der Waals surface area contributed by atoms with E-state index in [9.17, 15) is 13.5 Å². The minimum Gasteiger partial charge on any atom is -0.394 e. The van der Waals surface area contributed by atoms with Crippen LogP contribution in [0, 0.1) is 6.92 Å². The highest BCUT2D eigenvalue weighted by Gasteiger charge is 2.22. The van der Waals surface area contributed by atoms with Crippen LogP contribution < -0.4 is 4.72 Å². The first kappa shape index (κ1) is 16.0. The number of hydrogen-bond donors (Lipinski definition) is 2. The third-order valence-corrected chi connectivity index (χ3v) is 4.97. The van der Waals surface area contributed by atoms with E-state index in [1.807, 2.05) is 6.07 Å². The summed E-state index contributed by atoms with van der Waals surface area (Å²) in [5.41, 5.74) is 1.29. The minimum absolute atomic E-state index is 0.115. The Labute approximate surface area is 129 Å². The number of nitrogens with one attached hydrogen (secondary N) is 1. The molecule has 0 radical (unpaired) electrons. The van der Waals surface area contributed by atoms with Gasteiger partial charge in [-0.2, -0.15) is 0 Å². The van der Waals surface area contributed by atoms with Crippen LogP contribution in [-0.2, 0) is 10.0 Å². The molecule has 0 spiro atoms. The first-order chi connectivity index (χ1) is 9.94. The van der Waals surface area contributed by atoms with Crippen LogP contribution in [0.5, 0.6) is 0 Å². The van der Waals surface area contributed by atoms with Gasteiger partial charge in [-0.1, -0.05) is 48.0 Å². The molecule has 1 atom stereocenters. The molecule has 0 saturated carbocycles. The summed E-state index contributed by atoms with van der Waals surface area (Å²) in [6.07, 6.45) is 0. The summed E-state index contributed by atoms with van der Waals surface area (Å²) < 4.78 is 27.4. The van der Waals surface area contributed by atoms with Crippen LogP contribution in [0.15, 0.2) is 53.4 Å². The molecule has 2 N–H and O–H groups in total. The average Bonchev–Trinajstić information content (AvgIpc) is 2.48. The van der Waals surface area contributed by atoms with Gasteiger partial charge in [0.15, 0.2) is 0 Å². The van der Waals surface area contributed by atoms with Crippen molar-refractivity contribution in [3.63, 3.8) is 0 Å². The number of aliphatic hydroxyl groups excluding tert-OH is 1. The number of rotatable bonds is 5. The number of benzene rings is 2. The molecule has 0 aliphatic rings. The van der Waals surface area contributed by atoms with Gasteiger partial charge in [0, 0.05) is 5.02 Å². The molecule has 0 fully saturated rings. The Balaban J connectivity index is 2.34. The smallest absolute Gasteiger partial charge is 0.241 e. The van der Waals surface area contributed by atoms with Gasteiger partial charge in [-0.25, -0.2) is 13.1 Å². The molecule has 0 amide bonds. The number of aryl methyl sites for hydroxylation is 1. The number of sulfonamides is 1. The average molecular weight is 326 g/mol. The SMILES string of the molecule is Cc1ccc(Cl)cc1S(=O)(=O)NC(CO)c1ccccc1. The Morgan fingerprint density at radius 1 is 1.19 bits per heavy atom. The van der Waals surface area contributed by atoms with Gasteiger partial charge in [0.25, 0.3) is 0 Å². The van der Waals surface area contributed by atoms with Crippen molar-refractivity contribution in [2.45, 2.75) is 17.9 Å². The fourth-order valence-corrected chi connectivity index (χ4v) is 3.73. The molecule has 6 heteroatoms. The second-order valence-electron chi connectivity index (χ2n) is 4.68. The molecular weight excluding hydrogens is 310 g/mol. The Hall–Kier alpha value is -1.40. The molecule has 1 unspecified atom stereocenters. The molecule has 0 aliphatic carbocycles. The predicted molar refractivity (Wildman–Crippen MR) is 82.8 cm³/mol. The fraction of sp³-hybridized carbons (Fsp3) is 0.200. The lowest BCUT2D eigenvalue weighted by atomic mass is 10.1. The van der Waals surface area contributed by atoms with Crippen LogP contribution in [0.4, 0.5) is 0 Å². The first-order valence-corrected chi connectivity index (χ1v) is 8.24. The lowest BCUT2D eigenvalue weighted by molar-refractivity contribution is 0.259. The molecule has 4 nitrogen and oxygen atoms in total. The third-order valence-electron chi connectivity index (χ3n) is 3.12. The number of halogens is 1. The normalized spacial score (nSPS) is 13.1. The highest BCUT2D eigenvalue weighted by Crippen LogP contribution is 2.22. The van der Waals surface area contributed by atoms with Crippen molar-refractivity contribution in [1.82, 2.24) is 4.72 Å². The fourth-order valence-electron chi connectivity index (χ4n) is 2.01. The molecule has 112 valence electrons. The predicted octanol–water partition coefficient (Wildman–Crippen LogP) is 2.66. The van der Waals surface area contributed by atoms with E-state index in [4.69, 9.17) is 11.6 Å². The van der Waals surface area contributed by atoms with Crippen LogP contribution in [0.1, 0.15) is 17.2 Å². The lowest BCUT2D eigenvalue weighted by Gasteiger charge is -2.18. The Bertz CT molecular complexity index is 717. The van der Waals surface area contributed by atoms with Crippen molar-refractivity contribution in [2.75, 3.05) is 6.61 Å². The molecule has 2 aromatic rings. The van der Waals surface area contributed by atoms with E-state index in [1.165, 1.54) is 6.07 Å². The molecule has 21 heavy (non-hydrogen) atoms. The van der Waals surface area contributed by atoms with Gasteiger partial charge >= 0.3 is 0 Å². The molecule has 2 rings (SSSR count). The zero-order valence-corrected chi connectivity index (χ0v) is 13.0. The summed E-state index contributed by atoms with van der Waals surface area (Å²) in [6.45, 7) is 1.37. The van der Waals surface area contributed by atoms with Gasteiger partial charge in [-0.05, 0) is 30.2 Å². The number of aliphatic hydroxyl groups is 1. The largest absolute Gasteiger partial charge is 0.394 e. The maximum atomic E-state index is 12.5. The van der Waals surface area contributed by atoms with E-state index >= 15 is 0 Å². The van der Waals surface area contributed by atoms with Gasteiger partial charge in [-0.3, -0.25) is 0 Å². The zero-order chi connectivity index (χ0) is 15.5. The Kier molecular flexibility index (Phi) is 5.00. The highest BCUT2D eigenvalue weighted by molar-refractivity contribution is 7.89. The summed E-state index contributed by atoms with van der Waals surface area (Å²) in [7, 11) is -3.77. The Morgan fingerprint density at radius 3 is 2.48 bits per heavy atom. The quantitative estimate of drug-likeness (QED) is 0.888. The van der Waals surface area contributed by atoms with Crippen molar-refractivity contribution in [3.05, 3.63) is 64.7 Å². The Morgan fingerprint density at radius 2 is 1.86 bits per heavy atom. The molecular formula is C15H16ClNO3S. The van der Waals surface area contributed by atoms with Crippen molar-refractivity contribution < 1.29 is 13.5 Å².